The Hall–Kier alpha value is -2.04. The lowest BCUT2D eigenvalue weighted by atomic mass is 10.1. The zero-order chi connectivity index (χ0) is 12.5. The van der Waals surface area contributed by atoms with Crippen molar-refractivity contribution < 1.29 is 9.21 Å². The van der Waals surface area contributed by atoms with Crippen LogP contribution in [-0.4, -0.2) is 35.4 Å². The highest BCUT2D eigenvalue weighted by atomic mass is 16.4. The van der Waals surface area contributed by atoms with Gasteiger partial charge < -0.3 is 14.6 Å². The zero-order valence-corrected chi connectivity index (χ0v) is 10.2. The molecular weight excluding hydrogens is 230 g/mol. The van der Waals surface area contributed by atoms with Crippen LogP contribution in [0.1, 0.15) is 12.8 Å². The molecule has 18 heavy (non-hydrogen) atoms. The maximum atomic E-state index is 11.4. The van der Waals surface area contributed by atoms with Crippen molar-refractivity contribution >= 4 is 23.0 Å². The number of para-hydroxylation sites is 2. The largest absolute Gasteiger partial charge is 0.424 e. The molecule has 0 bridgehead atoms. The van der Waals surface area contributed by atoms with Crippen molar-refractivity contribution in [2.75, 3.05) is 18.9 Å². The lowest BCUT2D eigenvalue weighted by molar-refractivity contribution is -0.132. The summed E-state index contributed by atoms with van der Waals surface area (Å²) >= 11 is 0. The number of anilines is 1. The number of likely N-dealkylation sites (tertiary alicyclic amines) is 1. The van der Waals surface area contributed by atoms with E-state index in [2.05, 4.69) is 10.3 Å². The fourth-order valence-corrected chi connectivity index (χ4v) is 2.24. The zero-order valence-electron chi connectivity index (χ0n) is 10.2. The molecule has 1 aromatic carbocycles. The van der Waals surface area contributed by atoms with Crippen molar-refractivity contribution in [1.29, 1.82) is 0 Å². The van der Waals surface area contributed by atoms with E-state index in [9.17, 15) is 4.79 Å². The van der Waals surface area contributed by atoms with Gasteiger partial charge in [-0.3, -0.25) is 4.79 Å². The van der Waals surface area contributed by atoms with Crippen molar-refractivity contribution in [2.45, 2.75) is 18.9 Å². The summed E-state index contributed by atoms with van der Waals surface area (Å²) in [7, 11) is 1.82. The standard InChI is InChI=1S/C13H15N3O2/c1-16-8-9(6-7-12(16)17)14-13-15-10-4-2-3-5-11(10)18-13/h2-5,9H,6-8H2,1H3,(H,14,15)/t9-/m0/s1. The number of carbonyl (C=O) groups excluding carboxylic acids is 1. The molecule has 1 saturated heterocycles. The number of oxazole rings is 1. The molecule has 0 unspecified atom stereocenters. The van der Waals surface area contributed by atoms with Crippen LogP contribution in [0.3, 0.4) is 0 Å². The van der Waals surface area contributed by atoms with Crippen molar-refractivity contribution in [3.8, 4) is 0 Å². The first-order valence-electron chi connectivity index (χ1n) is 6.08. The number of nitrogens with zero attached hydrogens (tertiary/aromatic N) is 2. The van der Waals surface area contributed by atoms with Crippen molar-refractivity contribution in [2.24, 2.45) is 0 Å². The van der Waals surface area contributed by atoms with Gasteiger partial charge in [0, 0.05) is 26.1 Å². The van der Waals surface area contributed by atoms with Gasteiger partial charge in [-0.25, -0.2) is 0 Å². The average Bonchev–Trinajstić information content (AvgIpc) is 2.76. The quantitative estimate of drug-likeness (QED) is 0.877. The number of fused-ring (bicyclic) bond motifs is 1. The van der Waals surface area contributed by atoms with Gasteiger partial charge in [0.2, 0.25) is 5.91 Å². The first-order chi connectivity index (χ1) is 8.72. The first-order valence-corrected chi connectivity index (χ1v) is 6.08. The number of rotatable bonds is 2. The molecule has 1 fully saturated rings. The lowest BCUT2D eigenvalue weighted by Crippen LogP contribution is -2.43. The lowest BCUT2D eigenvalue weighted by Gasteiger charge is -2.29. The smallest absolute Gasteiger partial charge is 0.295 e. The molecule has 3 rings (SSSR count). The Balaban J connectivity index is 1.74. The maximum Gasteiger partial charge on any atom is 0.295 e. The van der Waals surface area contributed by atoms with Crippen LogP contribution < -0.4 is 5.32 Å². The van der Waals surface area contributed by atoms with Crippen LogP contribution >= 0.6 is 0 Å². The molecule has 1 aliphatic heterocycles. The fourth-order valence-electron chi connectivity index (χ4n) is 2.24. The summed E-state index contributed by atoms with van der Waals surface area (Å²) in [6.45, 7) is 0.692. The van der Waals surface area contributed by atoms with E-state index in [1.165, 1.54) is 0 Å². The van der Waals surface area contributed by atoms with E-state index in [0.717, 1.165) is 17.5 Å². The van der Waals surface area contributed by atoms with Gasteiger partial charge in [-0.15, -0.1) is 0 Å². The molecule has 2 aromatic rings. The summed E-state index contributed by atoms with van der Waals surface area (Å²) in [5, 5.41) is 3.25. The van der Waals surface area contributed by atoms with Gasteiger partial charge >= 0.3 is 0 Å². The molecular formula is C13H15N3O2. The number of piperidine rings is 1. The number of aromatic nitrogens is 1. The van der Waals surface area contributed by atoms with E-state index in [0.29, 0.717) is 19.0 Å². The predicted molar refractivity (Wildman–Crippen MR) is 68.3 cm³/mol. The summed E-state index contributed by atoms with van der Waals surface area (Å²) in [4.78, 5) is 17.5. The number of hydrogen-bond donors (Lipinski definition) is 1. The number of carbonyl (C=O) groups is 1. The number of likely N-dealkylation sites (N-methyl/N-ethyl adjacent to an activating group) is 1. The normalized spacial score (nSPS) is 20.4. The second-order valence-corrected chi connectivity index (χ2v) is 4.64. The highest BCUT2D eigenvalue weighted by Gasteiger charge is 2.23. The molecule has 5 heteroatoms. The number of benzene rings is 1. The Morgan fingerprint density at radius 3 is 3.06 bits per heavy atom. The molecule has 0 radical (unpaired) electrons. The van der Waals surface area contributed by atoms with E-state index in [1.807, 2.05) is 31.3 Å². The van der Waals surface area contributed by atoms with Crippen LogP contribution in [0.4, 0.5) is 6.01 Å². The van der Waals surface area contributed by atoms with Crippen molar-refractivity contribution in [3.05, 3.63) is 24.3 Å². The van der Waals surface area contributed by atoms with Crippen LogP contribution in [0, 0.1) is 0 Å². The maximum absolute atomic E-state index is 11.4. The minimum Gasteiger partial charge on any atom is -0.424 e. The molecule has 5 nitrogen and oxygen atoms in total. The summed E-state index contributed by atoms with van der Waals surface area (Å²) in [5.41, 5.74) is 1.63. The molecule has 0 saturated carbocycles. The summed E-state index contributed by atoms with van der Waals surface area (Å²) in [5.74, 6) is 0.200. The van der Waals surface area contributed by atoms with Crippen molar-refractivity contribution in [1.82, 2.24) is 9.88 Å². The molecule has 0 spiro atoms. The van der Waals surface area contributed by atoms with E-state index in [1.54, 1.807) is 4.90 Å². The molecule has 1 aromatic heterocycles. The van der Waals surface area contributed by atoms with Crippen LogP contribution in [0.5, 0.6) is 0 Å². The van der Waals surface area contributed by atoms with Crippen LogP contribution in [0.25, 0.3) is 11.1 Å². The van der Waals surface area contributed by atoms with Gasteiger partial charge in [-0.2, -0.15) is 4.98 Å². The second kappa shape index (κ2) is 4.33. The minimum absolute atomic E-state index is 0.200. The van der Waals surface area contributed by atoms with E-state index in [-0.39, 0.29) is 11.9 Å². The van der Waals surface area contributed by atoms with E-state index < -0.39 is 0 Å². The molecule has 1 N–H and O–H groups in total. The Kier molecular flexibility index (Phi) is 2.66. The fraction of sp³-hybridized carbons (Fsp3) is 0.385. The molecule has 0 aliphatic carbocycles. The van der Waals surface area contributed by atoms with Gasteiger partial charge in [0.1, 0.15) is 5.52 Å². The van der Waals surface area contributed by atoms with Crippen LogP contribution in [-0.2, 0) is 4.79 Å². The monoisotopic (exact) mass is 245 g/mol. The summed E-state index contributed by atoms with van der Waals surface area (Å²) in [6.07, 6.45) is 1.40. The summed E-state index contributed by atoms with van der Waals surface area (Å²) in [6, 6.07) is 8.40. The molecule has 94 valence electrons. The second-order valence-electron chi connectivity index (χ2n) is 4.64. The summed E-state index contributed by atoms with van der Waals surface area (Å²) < 4.78 is 5.61. The average molecular weight is 245 g/mol. The SMILES string of the molecule is CN1C[C@@H](Nc2nc3ccccc3o2)CCC1=O. The molecule has 1 atom stereocenters. The van der Waals surface area contributed by atoms with Crippen molar-refractivity contribution in [3.63, 3.8) is 0 Å². The minimum atomic E-state index is 0.200. The molecule has 2 heterocycles. The number of amides is 1. The Bertz CT molecular complexity index is 545. The van der Waals surface area contributed by atoms with Gasteiger partial charge in [0.15, 0.2) is 5.58 Å². The third kappa shape index (κ3) is 2.03. The Morgan fingerprint density at radius 2 is 2.28 bits per heavy atom. The highest BCUT2D eigenvalue weighted by molar-refractivity contribution is 5.77. The van der Waals surface area contributed by atoms with Crippen LogP contribution in [0.15, 0.2) is 28.7 Å². The molecule has 1 amide bonds. The van der Waals surface area contributed by atoms with Crippen LogP contribution in [0.2, 0.25) is 0 Å². The topological polar surface area (TPSA) is 58.4 Å². The van der Waals surface area contributed by atoms with Gasteiger partial charge in [-0.05, 0) is 18.6 Å². The van der Waals surface area contributed by atoms with E-state index >= 15 is 0 Å². The number of nitrogens with one attached hydrogen (secondary N) is 1. The third-order valence-corrected chi connectivity index (χ3v) is 3.25. The van der Waals surface area contributed by atoms with Gasteiger partial charge in [-0.1, -0.05) is 12.1 Å². The highest BCUT2D eigenvalue weighted by Crippen LogP contribution is 2.20. The number of hydrogen-bond acceptors (Lipinski definition) is 4. The Labute approximate surface area is 105 Å². The predicted octanol–water partition coefficient (Wildman–Crippen LogP) is 1.86. The third-order valence-electron chi connectivity index (χ3n) is 3.25. The molecule has 1 aliphatic rings. The van der Waals surface area contributed by atoms with Gasteiger partial charge in [0.05, 0.1) is 0 Å². The van der Waals surface area contributed by atoms with E-state index in [4.69, 9.17) is 4.42 Å². The Morgan fingerprint density at radius 1 is 1.44 bits per heavy atom. The first kappa shape index (κ1) is 11.1. The van der Waals surface area contributed by atoms with Gasteiger partial charge in [0.25, 0.3) is 6.01 Å².